The van der Waals surface area contributed by atoms with Crippen molar-refractivity contribution < 1.29 is 27.5 Å². The lowest BCUT2D eigenvalue weighted by Gasteiger charge is -2.25. The van der Waals surface area contributed by atoms with Gasteiger partial charge in [-0.15, -0.1) is 0 Å². The highest BCUT2D eigenvalue weighted by atomic mass is 19.4. The molecule has 18 heavy (non-hydrogen) atoms. The number of ether oxygens (including phenoxy) is 1. The van der Waals surface area contributed by atoms with Crippen LogP contribution >= 0.6 is 0 Å². The monoisotopic (exact) mass is 259 g/mol. The zero-order chi connectivity index (χ0) is 13.3. The molecule has 2 rings (SSSR count). The third kappa shape index (κ3) is 2.35. The summed E-state index contributed by atoms with van der Waals surface area (Å²) in [6, 6.07) is 3.82. The Hall–Kier alpha value is -1.89. The molecule has 1 fully saturated rings. The van der Waals surface area contributed by atoms with E-state index >= 15 is 0 Å². The van der Waals surface area contributed by atoms with Crippen LogP contribution in [0.25, 0.3) is 0 Å². The second-order valence-corrected chi connectivity index (χ2v) is 3.66. The normalized spacial score (nSPS) is 17.2. The smallest absolute Gasteiger partial charge is 0.362 e. The Labute approximate surface area is 99.9 Å². The van der Waals surface area contributed by atoms with Crippen molar-refractivity contribution in [1.82, 2.24) is 0 Å². The van der Waals surface area contributed by atoms with Crippen molar-refractivity contribution in [2.24, 2.45) is 0 Å². The quantitative estimate of drug-likeness (QED) is 0.719. The molecule has 0 spiro atoms. The molecule has 1 aliphatic heterocycles. The zero-order valence-corrected chi connectivity index (χ0v) is 9.03. The first kappa shape index (κ1) is 12.6. The van der Waals surface area contributed by atoms with Crippen molar-refractivity contribution in [1.29, 1.82) is 0 Å². The Morgan fingerprint density at radius 2 is 1.50 bits per heavy atom. The summed E-state index contributed by atoms with van der Waals surface area (Å²) < 4.78 is 41.7. The molecular weight excluding hydrogens is 251 g/mol. The number of hydrogen-bond donors (Lipinski definition) is 0. The molecule has 0 bridgehead atoms. The van der Waals surface area contributed by atoms with Crippen LogP contribution in [0.15, 0.2) is 24.3 Å². The summed E-state index contributed by atoms with van der Waals surface area (Å²) in [5.74, 6) is -1.18. The predicted molar refractivity (Wildman–Crippen MR) is 54.8 cm³/mol. The minimum Gasteiger partial charge on any atom is -0.362 e. The molecule has 7 heteroatoms. The predicted octanol–water partition coefficient (Wildman–Crippen LogP) is 1.60. The molecule has 1 saturated heterocycles. The maximum Gasteiger partial charge on any atom is 0.416 e. The van der Waals surface area contributed by atoms with Crippen LogP contribution in [-0.2, 0) is 20.5 Å². The number of morpholine rings is 1. The molecule has 2 amide bonds. The van der Waals surface area contributed by atoms with Crippen LogP contribution in [0, 0.1) is 0 Å². The lowest BCUT2D eigenvalue weighted by atomic mass is 10.2. The zero-order valence-electron chi connectivity index (χ0n) is 9.03. The molecule has 96 valence electrons. The molecule has 0 radical (unpaired) electrons. The molecule has 0 unspecified atom stereocenters. The third-order valence-corrected chi connectivity index (χ3v) is 2.40. The van der Waals surface area contributed by atoms with Gasteiger partial charge >= 0.3 is 6.18 Å². The number of carbonyl (C=O) groups is 2. The fraction of sp³-hybridized carbons (Fsp3) is 0.273. The second kappa shape index (κ2) is 4.41. The van der Waals surface area contributed by atoms with Gasteiger partial charge in [0, 0.05) is 0 Å². The highest BCUT2D eigenvalue weighted by Gasteiger charge is 2.32. The number of carbonyl (C=O) groups excluding carboxylic acids is 2. The van der Waals surface area contributed by atoms with Gasteiger partial charge in [-0.2, -0.15) is 13.2 Å². The summed E-state index contributed by atoms with van der Waals surface area (Å²) in [6.07, 6.45) is -4.45. The van der Waals surface area contributed by atoms with Crippen LogP contribution in [-0.4, -0.2) is 25.0 Å². The Morgan fingerprint density at radius 1 is 1.00 bits per heavy atom. The molecule has 1 heterocycles. The minimum atomic E-state index is -4.45. The Balaban J connectivity index is 2.29. The number of alkyl halides is 3. The molecule has 0 atom stereocenters. The molecule has 1 aromatic rings. The topological polar surface area (TPSA) is 46.6 Å². The number of amides is 2. The second-order valence-electron chi connectivity index (χ2n) is 3.66. The van der Waals surface area contributed by atoms with E-state index in [2.05, 4.69) is 0 Å². The maximum absolute atomic E-state index is 12.3. The van der Waals surface area contributed by atoms with Crippen molar-refractivity contribution in [2.75, 3.05) is 18.1 Å². The Kier molecular flexibility index (Phi) is 3.08. The molecule has 0 saturated carbocycles. The van der Waals surface area contributed by atoms with Crippen molar-refractivity contribution >= 4 is 17.5 Å². The van der Waals surface area contributed by atoms with E-state index in [4.69, 9.17) is 4.74 Å². The number of hydrogen-bond acceptors (Lipinski definition) is 3. The average Bonchev–Trinajstić information content (AvgIpc) is 2.28. The van der Waals surface area contributed by atoms with E-state index in [-0.39, 0.29) is 18.9 Å². The van der Waals surface area contributed by atoms with Gasteiger partial charge in [-0.1, -0.05) is 0 Å². The summed E-state index contributed by atoms with van der Waals surface area (Å²) in [7, 11) is 0. The van der Waals surface area contributed by atoms with E-state index in [0.29, 0.717) is 0 Å². The van der Waals surface area contributed by atoms with E-state index in [0.717, 1.165) is 29.2 Å². The third-order valence-electron chi connectivity index (χ3n) is 2.40. The average molecular weight is 259 g/mol. The van der Waals surface area contributed by atoms with Crippen molar-refractivity contribution in [3.8, 4) is 0 Å². The van der Waals surface area contributed by atoms with Gasteiger partial charge < -0.3 is 4.74 Å². The van der Waals surface area contributed by atoms with Crippen LogP contribution in [0.2, 0.25) is 0 Å². The molecule has 0 aliphatic carbocycles. The number of halogens is 3. The first-order valence-corrected chi connectivity index (χ1v) is 5.00. The van der Waals surface area contributed by atoms with E-state index in [9.17, 15) is 22.8 Å². The summed E-state index contributed by atoms with van der Waals surface area (Å²) in [6.45, 7) is -0.514. The van der Waals surface area contributed by atoms with Gasteiger partial charge in [0.05, 0.1) is 11.3 Å². The lowest BCUT2D eigenvalue weighted by molar-refractivity contribution is -0.138. The number of benzene rings is 1. The molecule has 0 N–H and O–H groups in total. The first-order valence-electron chi connectivity index (χ1n) is 5.00. The summed E-state index contributed by atoms with van der Waals surface area (Å²) >= 11 is 0. The molecule has 4 nitrogen and oxygen atoms in total. The fourth-order valence-corrected chi connectivity index (χ4v) is 1.58. The summed E-state index contributed by atoms with van der Waals surface area (Å²) in [5, 5.41) is 0. The number of rotatable bonds is 1. The van der Waals surface area contributed by atoms with E-state index in [1.54, 1.807) is 0 Å². The van der Waals surface area contributed by atoms with Crippen LogP contribution in [0.1, 0.15) is 5.56 Å². The van der Waals surface area contributed by atoms with Gasteiger partial charge in [0.1, 0.15) is 13.2 Å². The molecule has 0 aromatic heterocycles. The fourth-order valence-electron chi connectivity index (χ4n) is 1.58. The minimum absolute atomic E-state index is 0.112. The number of imide groups is 1. The van der Waals surface area contributed by atoms with Crippen molar-refractivity contribution in [2.45, 2.75) is 6.18 Å². The maximum atomic E-state index is 12.3. The van der Waals surface area contributed by atoms with Gasteiger partial charge in [0.2, 0.25) is 0 Å². The van der Waals surface area contributed by atoms with Crippen molar-refractivity contribution in [3.63, 3.8) is 0 Å². The van der Waals surface area contributed by atoms with Crippen LogP contribution in [0.5, 0.6) is 0 Å². The Bertz CT molecular complexity index is 465. The molecule has 1 aliphatic rings. The lowest BCUT2D eigenvalue weighted by Crippen LogP contribution is -2.46. The van der Waals surface area contributed by atoms with E-state index in [1.807, 2.05) is 0 Å². The Morgan fingerprint density at radius 3 is 1.94 bits per heavy atom. The summed E-state index contributed by atoms with van der Waals surface area (Å²) in [5.41, 5.74) is -0.722. The number of anilines is 1. The van der Waals surface area contributed by atoms with Gasteiger partial charge in [-0.05, 0) is 24.3 Å². The highest BCUT2D eigenvalue weighted by Crippen LogP contribution is 2.30. The number of nitrogens with zero attached hydrogens (tertiary/aromatic N) is 1. The van der Waals surface area contributed by atoms with Gasteiger partial charge in [0.15, 0.2) is 0 Å². The molecule has 1 aromatic carbocycles. The highest BCUT2D eigenvalue weighted by molar-refractivity contribution is 6.16. The molecular formula is C11H8F3NO3. The van der Waals surface area contributed by atoms with Crippen LogP contribution < -0.4 is 4.90 Å². The van der Waals surface area contributed by atoms with Crippen molar-refractivity contribution in [3.05, 3.63) is 29.8 Å². The standard InChI is InChI=1S/C11H8F3NO3/c12-11(13,14)7-1-3-8(4-2-7)15-9(16)5-18-6-10(15)17/h1-4H,5-6H2. The van der Waals surface area contributed by atoms with Gasteiger partial charge in [-0.3, -0.25) is 9.59 Å². The SMILES string of the molecule is O=C1COCC(=O)N1c1ccc(C(F)(F)F)cc1. The van der Waals surface area contributed by atoms with Crippen LogP contribution in [0.4, 0.5) is 18.9 Å². The van der Waals surface area contributed by atoms with E-state index in [1.165, 1.54) is 0 Å². The van der Waals surface area contributed by atoms with E-state index < -0.39 is 23.6 Å². The van der Waals surface area contributed by atoms with Gasteiger partial charge in [-0.25, -0.2) is 4.90 Å². The van der Waals surface area contributed by atoms with Gasteiger partial charge in [0.25, 0.3) is 11.8 Å². The van der Waals surface area contributed by atoms with Crippen LogP contribution in [0.3, 0.4) is 0 Å². The largest absolute Gasteiger partial charge is 0.416 e. The summed E-state index contributed by atoms with van der Waals surface area (Å²) in [4.78, 5) is 23.7. The first-order chi connectivity index (χ1) is 8.39.